The fourth-order valence-corrected chi connectivity index (χ4v) is 1.26. The number of hydrogen-bond acceptors (Lipinski definition) is 2. The Balaban J connectivity index is 2.35. The van der Waals surface area contributed by atoms with Gasteiger partial charge >= 0.3 is 5.97 Å². The van der Waals surface area contributed by atoms with Crippen LogP contribution in [0.25, 0.3) is 0 Å². The molecule has 4 nitrogen and oxygen atoms in total. The van der Waals surface area contributed by atoms with Gasteiger partial charge in [-0.1, -0.05) is 13.8 Å². The average Bonchev–Trinajstić information content (AvgIpc) is 2.81. The summed E-state index contributed by atoms with van der Waals surface area (Å²) in [6.45, 7) is 5.97. The molecule has 1 aliphatic carbocycles. The number of hydrogen-bond donors (Lipinski definition) is 2. The van der Waals surface area contributed by atoms with E-state index in [9.17, 15) is 9.59 Å². The van der Waals surface area contributed by atoms with Crippen LogP contribution in [0.5, 0.6) is 0 Å². The van der Waals surface area contributed by atoms with E-state index in [1.807, 2.05) is 20.8 Å². The van der Waals surface area contributed by atoms with Crippen LogP contribution >= 0.6 is 0 Å². The average molecular weight is 199 g/mol. The fourth-order valence-electron chi connectivity index (χ4n) is 1.26. The molecule has 0 bridgehead atoms. The van der Waals surface area contributed by atoms with Crippen molar-refractivity contribution in [3.8, 4) is 0 Å². The van der Waals surface area contributed by atoms with Gasteiger partial charge in [-0.15, -0.1) is 0 Å². The van der Waals surface area contributed by atoms with Crippen molar-refractivity contribution < 1.29 is 14.7 Å². The Kier molecular flexibility index (Phi) is 3.13. The minimum Gasteiger partial charge on any atom is -0.481 e. The lowest BCUT2D eigenvalue weighted by molar-refractivity contribution is -0.140. The Morgan fingerprint density at radius 2 is 1.86 bits per heavy atom. The van der Waals surface area contributed by atoms with Gasteiger partial charge in [0.2, 0.25) is 5.91 Å². The van der Waals surface area contributed by atoms with Gasteiger partial charge in [0.25, 0.3) is 0 Å². The van der Waals surface area contributed by atoms with Crippen molar-refractivity contribution in [2.75, 3.05) is 0 Å². The number of aliphatic carboxylic acids is 1. The number of carboxylic acids is 1. The topological polar surface area (TPSA) is 66.4 Å². The molecule has 1 saturated carbocycles. The summed E-state index contributed by atoms with van der Waals surface area (Å²) in [6, 6.07) is 0.109. The van der Waals surface area contributed by atoms with Crippen molar-refractivity contribution in [3.63, 3.8) is 0 Å². The minimum absolute atomic E-state index is 0.109. The second kappa shape index (κ2) is 3.98. The summed E-state index contributed by atoms with van der Waals surface area (Å²) >= 11 is 0. The van der Waals surface area contributed by atoms with E-state index >= 15 is 0 Å². The van der Waals surface area contributed by atoms with E-state index < -0.39 is 11.9 Å². The molecular weight excluding hydrogens is 182 g/mol. The van der Waals surface area contributed by atoms with Gasteiger partial charge in [0.1, 0.15) is 0 Å². The second-order valence-electron chi connectivity index (χ2n) is 4.33. The Morgan fingerprint density at radius 1 is 1.29 bits per heavy atom. The van der Waals surface area contributed by atoms with Crippen molar-refractivity contribution >= 4 is 11.9 Å². The van der Waals surface area contributed by atoms with Crippen molar-refractivity contribution in [2.45, 2.75) is 33.2 Å². The van der Waals surface area contributed by atoms with Gasteiger partial charge in [0, 0.05) is 6.04 Å². The highest BCUT2D eigenvalue weighted by Gasteiger charge is 2.48. The summed E-state index contributed by atoms with van der Waals surface area (Å²) in [4.78, 5) is 22.0. The zero-order valence-electron chi connectivity index (χ0n) is 8.78. The molecule has 0 spiro atoms. The molecular formula is C10H17NO3. The summed E-state index contributed by atoms with van der Waals surface area (Å²) in [5.41, 5.74) is 0. The van der Waals surface area contributed by atoms with Gasteiger partial charge in [-0.25, -0.2) is 0 Å². The molecule has 0 aromatic carbocycles. The molecule has 0 aromatic heterocycles. The number of carbonyl (C=O) groups excluding carboxylic acids is 1. The maximum absolute atomic E-state index is 11.5. The Morgan fingerprint density at radius 3 is 2.21 bits per heavy atom. The zero-order chi connectivity index (χ0) is 10.9. The van der Waals surface area contributed by atoms with Crippen LogP contribution in [0.15, 0.2) is 0 Å². The van der Waals surface area contributed by atoms with Gasteiger partial charge in [-0.05, 0) is 19.3 Å². The lowest BCUT2D eigenvalue weighted by Gasteiger charge is -2.17. The molecule has 1 amide bonds. The lowest BCUT2D eigenvalue weighted by Crippen LogP contribution is -2.37. The van der Waals surface area contributed by atoms with Crippen LogP contribution in [0.3, 0.4) is 0 Å². The summed E-state index contributed by atoms with van der Waals surface area (Å²) < 4.78 is 0. The molecule has 1 aliphatic rings. The van der Waals surface area contributed by atoms with E-state index in [2.05, 4.69) is 5.32 Å². The Labute approximate surface area is 83.7 Å². The second-order valence-corrected chi connectivity index (χ2v) is 4.33. The molecule has 0 aliphatic heterocycles. The third-order valence-electron chi connectivity index (χ3n) is 2.81. The van der Waals surface area contributed by atoms with E-state index in [4.69, 9.17) is 5.11 Å². The van der Waals surface area contributed by atoms with Gasteiger partial charge in [-0.3, -0.25) is 9.59 Å². The van der Waals surface area contributed by atoms with E-state index in [0.717, 1.165) is 0 Å². The fraction of sp³-hybridized carbons (Fsp3) is 0.800. The molecule has 0 saturated heterocycles. The summed E-state index contributed by atoms with van der Waals surface area (Å²) in [6.07, 6.45) is 0.492. The highest BCUT2D eigenvalue weighted by molar-refractivity contribution is 5.89. The smallest absolute Gasteiger partial charge is 0.307 e. The summed E-state index contributed by atoms with van der Waals surface area (Å²) in [5.74, 6) is -1.34. The largest absolute Gasteiger partial charge is 0.481 e. The first-order valence-electron chi connectivity index (χ1n) is 4.96. The molecule has 1 fully saturated rings. The van der Waals surface area contributed by atoms with E-state index in [-0.39, 0.29) is 17.9 Å². The zero-order valence-corrected chi connectivity index (χ0v) is 8.78. The molecule has 14 heavy (non-hydrogen) atoms. The number of carboxylic acid groups (broad SMARTS) is 1. The molecule has 2 N–H and O–H groups in total. The molecule has 4 heteroatoms. The first kappa shape index (κ1) is 11.0. The van der Waals surface area contributed by atoms with Gasteiger partial charge < -0.3 is 10.4 Å². The predicted molar refractivity (Wildman–Crippen MR) is 51.7 cm³/mol. The molecule has 3 unspecified atom stereocenters. The van der Waals surface area contributed by atoms with Gasteiger partial charge in [0.15, 0.2) is 0 Å². The standard InChI is InChI=1S/C10H17NO3/c1-5(2)6(3)11-9(12)7-4-8(7)10(13)14/h5-8H,4H2,1-3H3,(H,11,12)(H,13,14). The van der Waals surface area contributed by atoms with Crippen LogP contribution in [0.4, 0.5) is 0 Å². The van der Waals surface area contributed by atoms with E-state index in [0.29, 0.717) is 12.3 Å². The Hall–Kier alpha value is -1.06. The van der Waals surface area contributed by atoms with Crippen LogP contribution in [-0.4, -0.2) is 23.0 Å². The first-order valence-corrected chi connectivity index (χ1v) is 4.96. The van der Waals surface area contributed by atoms with Crippen molar-refractivity contribution in [3.05, 3.63) is 0 Å². The molecule has 1 rings (SSSR count). The number of nitrogens with one attached hydrogen (secondary N) is 1. The maximum atomic E-state index is 11.5. The van der Waals surface area contributed by atoms with Crippen LogP contribution in [-0.2, 0) is 9.59 Å². The normalized spacial score (nSPS) is 27.1. The molecule has 0 aromatic rings. The van der Waals surface area contributed by atoms with Crippen molar-refractivity contribution in [1.82, 2.24) is 5.32 Å². The van der Waals surface area contributed by atoms with E-state index in [1.165, 1.54) is 0 Å². The third kappa shape index (κ3) is 2.47. The maximum Gasteiger partial charge on any atom is 0.307 e. The monoisotopic (exact) mass is 199 g/mol. The molecule has 0 heterocycles. The van der Waals surface area contributed by atoms with Crippen LogP contribution in [0.2, 0.25) is 0 Å². The molecule has 80 valence electrons. The third-order valence-corrected chi connectivity index (χ3v) is 2.81. The highest BCUT2D eigenvalue weighted by atomic mass is 16.4. The number of rotatable bonds is 4. The molecule has 3 atom stereocenters. The number of amides is 1. The van der Waals surface area contributed by atoms with Crippen molar-refractivity contribution in [1.29, 1.82) is 0 Å². The highest BCUT2D eigenvalue weighted by Crippen LogP contribution is 2.38. The van der Waals surface area contributed by atoms with Crippen LogP contribution in [0.1, 0.15) is 27.2 Å². The first-order chi connectivity index (χ1) is 6.43. The quantitative estimate of drug-likeness (QED) is 0.706. The molecule has 0 radical (unpaired) electrons. The van der Waals surface area contributed by atoms with Crippen LogP contribution in [0, 0.1) is 17.8 Å². The number of carbonyl (C=O) groups is 2. The SMILES string of the molecule is CC(C)C(C)NC(=O)C1CC1C(=O)O. The van der Waals surface area contributed by atoms with Crippen molar-refractivity contribution in [2.24, 2.45) is 17.8 Å². The van der Waals surface area contributed by atoms with E-state index in [1.54, 1.807) is 0 Å². The minimum atomic E-state index is -0.859. The van der Waals surface area contributed by atoms with Gasteiger partial charge in [0.05, 0.1) is 11.8 Å². The lowest BCUT2D eigenvalue weighted by atomic mass is 10.1. The predicted octanol–water partition coefficient (Wildman–Crippen LogP) is 0.868. The van der Waals surface area contributed by atoms with Gasteiger partial charge in [-0.2, -0.15) is 0 Å². The summed E-state index contributed by atoms with van der Waals surface area (Å²) in [5, 5.41) is 11.5. The Bertz CT molecular complexity index is 250. The van der Waals surface area contributed by atoms with Crippen LogP contribution < -0.4 is 5.32 Å². The summed E-state index contributed by atoms with van der Waals surface area (Å²) in [7, 11) is 0.